The molecule has 7 nitrogen and oxygen atoms in total. The highest BCUT2D eigenvalue weighted by atomic mass is 35.5. The van der Waals surface area contributed by atoms with Gasteiger partial charge in [-0.25, -0.2) is 13.1 Å². The lowest BCUT2D eigenvalue weighted by Gasteiger charge is -2.37. The van der Waals surface area contributed by atoms with Gasteiger partial charge in [0.25, 0.3) is 5.91 Å². The largest absolute Gasteiger partial charge is 0.341 e. The molecular weight excluding hydrogens is 426 g/mol. The van der Waals surface area contributed by atoms with E-state index in [-0.39, 0.29) is 27.3 Å². The van der Waals surface area contributed by atoms with Crippen LogP contribution in [-0.2, 0) is 14.8 Å². The lowest BCUT2D eigenvalue weighted by atomic mass is 9.99. The molecule has 0 radical (unpaired) electrons. The Morgan fingerprint density at radius 1 is 1.07 bits per heavy atom. The smallest absolute Gasteiger partial charge is 0.254 e. The number of rotatable bonds is 4. The van der Waals surface area contributed by atoms with Gasteiger partial charge in [-0.2, -0.15) is 0 Å². The first kappa shape index (κ1) is 23.0. The molecule has 9 heteroatoms. The van der Waals surface area contributed by atoms with Crippen molar-refractivity contribution in [2.24, 2.45) is 0 Å². The maximum absolute atomic E-state index is 13.3. The van der Waals surface area contributed by atoms with Crippen LogP contribution in [0.25, 0.3) is 0 Å². The maximum Gasteiger partial charge on any atom is 0.254 e. The first-order valence-corrected chi connectivity index (χ1v) is 12.3. The van der Waals surface area contributed by atoms with Crippen LogP contribution in [0.1, 0.15) is 63.2 Å². The number of sulfonamides is 1. The standard InChI is InChI=1S/C21H30ClN3O4S/c1-21(2,3)23-30(28,29)18-14-15(9-10-16(18)22)19(26)25-13-5-4-8-17(25)20(27)24-11-6-7-12-24/h9-10,14,17,23H,4-8,11-13H2,1-3H3. The zero-order valence-corrected chi connectivity index (χ0v) is 19.4. The third-order valence-corrected chi connectivity index (χ3v) is 7.61. The van der Waals surface area contributed by atoms with Crippen molar-refractivity contribution in [3.63, 3.8) is 0 Å². The average Bonchev–Trinajstić information content (AvgIpc) is 3.20. The number of halogens is 1. The van der Waals surface area contributed by atoms with E-state index >= 15 is 0 Å². The number of carbonyl (C=O) groups is 2. The second-order valence-corrected chi connectivity index (χ2v) is 11.1. The number of hydrogen-bond acceptors (Lipinski definition) is 4. The summed E-state index contributed by atoms with van der Waals surface area (Å²) in [5.74, 6) is -0.340. The van der Waals surface area contributed by atoms with Gasteiger partial charge in [-0.3, -0.25) is 9.59 Å². The fraction of sp³-hybridized carbons (Fsp3) is 0.619. The van der Waals surface area contributed by atoms with Gasteiger partial charge in [-0.05, 0) is 71.1 Å². The summed E-state index contributed by atoms with van der Waals surface area (Å²) < 4.78 is 28.1. The molecule has 1 N–H and O–H groups in total. The van der Waals surface area contributed by atoms with E-state index in [2.05, 4.69) is 4.72 Å². The van der Waals surface area contributed by atoms with E-state index in [1.165, 1.54) is 18.2 Å². The topological polar surface area (TPSA) is 86.8 Å². The van der Waals surface area contributed by atoms with Gasteiger partial charge in [0.15, 0.2) is 0 Å². The van der Waals surface area contributed by atoms with Crippen LogP contribution in [-0.4, -0.2) is 61.2 Å². The van der Waals surface area contributed by atoms with Crippen molar-refractivity contribution < 1.29 is 18.0 Å². The van der Waals surface area contributed by atoms with Crippen molar-refractivity contribution in [2.45, 2.75) is 69.4 Å². The highest BCUT2D eigenvalue weighted by Gasteiger charge is 2.36. The zero-order chi connectivity index (χ0) is 22.1. The second-order valence-electron chi connectivity index (χ2n) is 9.04. The van der Waals surface area contributed by atoms with Gasteiger partial charge in [0, 0.05) is 30.7 Å². The minimum Gasteiger partial charge on any atom is -0.341 e. The summed E-state index contributed by atoms with van der Waals surface area (Å²) in [4.78, 5) is 29.6. The van der Waals surface area contributed by atoms with Gasteiger partial charge in [-0.15, -0.1) is 0 Å². The molecule has 0 spiro atoms. The van der Waals surface area contributed by atoms with Crippen LogP contribution in [0.5, 0.6) is 0 Å². The summed E-state index contributed by atoms with van der Waals surface area (Å²) in [7, 11) is -3.91. The Morgan fingerprint density at radius 3 is 2.33 bits per heavy atom. The summed E-state index contributed by atoms with van der Waals surface area (Å²) in [5, 5.41) is 0.0478. The Labute approximate surface area is 183 Å². The third-order valence-electron chi connectivity index (χ3n) is 5.37. The van der Waals surface area contributed by atoms with Crippen LogP contribution in [0.15, 0.2) is 23.1 Å². The number of amides is 2. The van der Waals surface area contributed by atoms with Crippen molar-refractivity contribution in [3.8, 4) is 0 Å². The second kappa shape index (κ2) is 8.85. The van der Waals surface area contributed by atoms with E-state index in [0.717, 1.165) is 38.8 Å². The number of likely N-dealkylation sites (tertiary alicyclic amines) is 2. The molecule has 1 aromatic carbocycles. The summed E-state index contributed by atoms with van der Waals surface area (Å²) in [6, 6.07) is 3.76. The Balaban J connectivity index is 1.89. The minimum atomic E-state index is -3.91. The molecule has 0 saturated carbocycles. The van der Waals surface area contributed by atoms with Crippen LogP contribution < -0.4 is 4.72 Å². The average molecular weight is 456 g/mol. The number of hydrogen-bond donors (Lipinski definition) is 1. The van der Waals surface area contributed by atoms with Crippen LogP contribution in [0.2, 0.25) is 5.02 Å². The molecule has 166 valence electrons. The Morgan fingerprint density at radius 2 is 1.70 bits per heavy atom. The van der Waals surface area contributed by atoms with Gasteiger partial charge in [0.1, 0.15) is 10.9 Å². The normalized spacial score (nSPS) is 20.5. The summed E-state index contributed by atoms with van der Waals surface area (Å²) in [6.07, 6.45) is 4.33. The fourth-order valence-corrected chi connectivity index (χ4v) is 5.99. The number of piperidine rings is 1. The van der Waals surface area contributed by atoms with Gasteiger partial charge in [0.2, 0.25) is 15.9 Å². The molecule has 1 unspecified atom stereocenters. The van der Waals surface area contributed by atoms with E-state index in [1.54, 1.807) is 25.7 Å². The molecule has 1 aromatic rings. The molecule has 1 atom stereocenters. The third kappa shape index (κ3) is 5.15. The number of carbonyl (C=O) groups excluding carboxylic acids is 2. The van der Waals surface area contributed by atoms with Crippen molar-refractivity contribution in [1.82, 2.24) is 14.5 Å². The lowest BCUT2D eigenvalue weighted by Crippen LogP contribution is -2.52. The Kier molecular flexibility index (Phi) is 6.79. The highest BCUT2D eigenvalue weighted by Crippen LogP contribution is 2.27. The predicted octanol–water partition coefficient (Wildman–Crippen LogP) is 3.03. The molecule has 2 aliphatic heterocycles. The number of benzene rings is 1. The maximum atomic E-state index is 13.3. The van der Waals surface area contributed by atoms with Crippen molar-refractivity contribution in [2.75, 3.05) is 19.6 Å². The molecule has 2 saturated heterocycles. The van der Waals surface area contributed by atoms with Crippen LogP contribution in [0.3, 0.4) is 0 Å². The quantitative estimate of drug-likeness (QED) is 0.755. The Bertz CT molecular complexity index is 921. The number of nitrogens with one attached hydrogen (secondary N) is 1. The van der Waals surface area contributed by atoms with Crippen molar-refractivity contribution in [3.05, 3.63) is 28.8 Å². The predicted molar refractivity (Wildman–Crippen MR) is 116 cm³/mol. The van der Waals surface area contributed by atoms with Crippen LogP contribution >= 0.6 is 11.6 Å². The van der Waals surface area contributed by atoms with E-state index in [4.69, 9.17) is 11.6 Å². The van der Waals surface area contributed by atoms with Gasteiger partial charge < -0.3 is 9.80 Å². The Hall–Kier alpha value is -1.64. The molecule has 2 heterocycles. The molecule has 0 bridgehead atoms. The minimum absolute atomic E-state index is 0.00300. The highest BCUT2D eigenvalue weighted by molar-refractivity contribution is 7.89. The van der Waals surface area contributed by atoms with Crippen LogP contribution in [0, 0.1) is 0 Å². The number of nitrogens with zero attached hydrogens (tertiary/aromatic N) is 2. The van der Waals surface area contributed by atoms with E-state index in [1.807, 2.05) is 4.90 Å². The van der Waals surface area contributed by atoms with Gasteiger partial charge >= 0.3 is 0 Å². The fourth-order valence-electron chi connectivity index (χ4n) is 4.05. The lowest BCUT2D eigenvalue weighted by molar-refractivity contribution is -0.136. The monoisotopic (exact) mass is 455 g/mol. The SMILES string of the molecule is CC(C)(C)NS(=O)(=O)c1cc(C(=O)N2CCCCC2C(=O)N2CCCC2)ccc1Cl. The molecule has 0 aromatic heterocycles. The molecule has 2 fully saturated rings. The first-order chi connectivity index (χ1) is 14.0. The molecule has 3 rings (SSSR count). The summed E-state index contributed by atoms with van der Waals surface area (Å²) in [6.45, 7) is 7.15. The summed E-state index contributed by atoms with van der Waals surface area (Å²) >= 11 is 6.16. The van der Waals surface area contributed by atoms with Gasteiger partial charge in [-0.1, -0.05) is 11.6 Å². The molecular formula is C21H30ClN3O4S. The van der Waals surface area contributed by atoms with Crippen molar-refractivity contribution >= 4 is 33.4 Å². The van der Waals surface area contributed by atoms with E-state index < -0.39 is 21.6 Å². The van der Waals surface area contributed by atoms with E-state index in [0.29, 0.717) is 13.0 Å². The first-order valence-electron chi connectivity index (χ1n) is 10.4. The molecule has 2 amide bonds. The molecule has 30 heavy (non-hydrogen) atoms. The van der Waals surface area contributed by atoms with Gasteiger partial charge in [0.05, 0.1) is 5.02 Å². The van der Waals surface area contributed by atoms with Crippen molar-refractivity contribution in [1.29, 1.82) is 0 Å². The zero-order valence-electron chi connectivity index (χ0n) is 17.8. The van der Waals surface area contributed by atoms with Crippen LogP contribution in [0.4, 0.5) is 0 Å². The molecule has 2 aliphatic rings. The molecule has 0 aliphatic carbocycles. The summed E-state index contributed by atoms with van der Waals surface area (Å²) in [5.41, 5.74) is -0.475. The van der Waals surface area contributed by atoms with E-state index in [9.17, 15) is 18.0 Å².